The Labute approximate surface area is 108 Å². The molecule has 0 saturated carbocycles. The van der Waals surface area contributed by atoms with Gasteiger partial charge in [0.15, 0.2) is 0 Å². The van der Waals surface area contributed by atoms with E-state index in [2.05, 4.69) is 11.8 Å². The molecule has 0 aromatic heterocycles. The van der Waals surface area contributed by atoms with E-state index in [4.69, 9.17) is 17.3 Å². The van der Waals surface area contributed by atoms with E-state index in [-0.39, 0.29) is 16.9 Å². The van der Waals surface area contributed by atoms with Gasteiger partial charge in [0, 0.05) is 6.04 Å². The van der Waals surface area contributed by atoms with Crippen LogP contribution >= 0.6 is 11.6 Å². The molecule has 0 fully saturated rings. The van der Waals surface area contributed by atoms with Crippen LogP contribution in [0.1, 0.15) is 24.9 Å². The molecule has 1 aromatic carbocycles. The number of hydrogen-bond donors (Lipinski definition) is 1. The molecule has 0 aliphatic heterocycles. The maximum absolute atomic E-state index is 13.2. The monoisotopic (exact) mass is 258 g/mol. The van der Waals surface area contributed by atoms with Crippen molar-refractivity contribution in [1.82, 2.24) is 4.90 Å². The average Bonchev–Trinajstić information content (AvgIpc) is 2.29. The quantitative estimate of drug-likeness (QED) is 0.880. The van der Waals surface area contributed by atoms with Crippen molar-refractivity contribution in [3.8, 4) is 0 Å². The molecule has 0 bridgehead atoms. The Morgan fingerprint density at radius 1 is 1.41 bits per heavy atom. The fourth-order valence-corrected chi connectivity index (χ4v) is 2.40. The van der Waals surface area contributed by atoms with Crippen molar-refractivity contribution in [1.29, 1.82) is 0 Å². The lowest BCUT2D eigenvalue weighted by Gasteiger charge is -2.31. The minimum atomic E-state index is -0.381. The highest BCUT2D eigenvalue weighted by atomic mass is 35.5. The van der Waals surface area contributed by atoms with Gasteiger partial charge in [-0.05, 0) is 44.3 Å². The predicted octanol–water partition coefficient (Wildman–Crippen LogP) is 3.07. The normalized spacial score (nSPS) is 15.0. The molecule has 2 N–H and O–H groups in total. The maximum atomic E-state index is 13.2. The number of halogens is 2. The lowest BCUT2D eigenvalue weighted by molar-refractivity contribution is 0.211. The molecule has 0 amide bonds. The Morgan fingerprint density at radius 2 is 2.06 bits per heavy atom. The zero-order valence-electron chi connectivity index (χ0n) is 10.6. The van der Waals surface area contributed by atoms with Gasteiger partial charge in [0.05, 0.1) is 5.02 Å². The molecule has 17 heavy (non-hydrogen) atoms. The second-order valence-electron chi connectivity index (χ2n) is 4.49. The van der Waals surface area contributed by atoms with Crippen LogP contribution in [0.15, 0.2) is 18.2 Å². The number of rotatable bonds is 5. The first kappa shape index (κ1) is 14.4. The van der Waals surface area contributed by atoms with E-state index < -0.39 is 0 Å². The standard InChI is InChI=1S/C13H20ClFN2/c1-4-9(8-16)13(17(2)3)10-5-6-12(15)11(14)7-10/h5-7,9,13H,4,8,16H2,1-3H3. The van der Waals surface area contributed by atoms with Crippen molar-refractivity contribution in [2.75, 3.05) is 20.6 Å². The molecule has 96 valence electrons. The van der Waals surface area contributed by atoms with Crippen molar-refractivity contribution >= 4 is 11.6 Å². The molecule has 0 aliphatic carbocycles. The van der Waals surface area contributed by atoms with Gasteiger partial charge in [-0.1, -0.05) is 31.0 Å². The Kier molecular flexibility index (Phi) is 5.37. The Hall–Kier alpha value is -0.640. The summed E-state index contributed by atoms with van der Waals surface area (Å²) < 4.78 is 13.2. The van der Waals surface area contributed by atoms with Crippen LogP contribution in [-0.4, -0.2) is 25.5 Å². The fourth-order valence-electron chi connectivity index (χ4n) is 2.21. The smallest absolute Gasteiger partial charge is 0.141 e. The van der Waals surface area contributed by atoms with E-state index in [1.165, 1.54) is 6.07 Å². The van der Waals surface area contributed by atoms with E-state index >= 15 is 0 Å². The second-order valence-corrected chi connectivity index (χ2v) is 4.89. The SMILES string of the molecule is CCC(CN)C(c1ccc(F)c(Cl)c1)N(C)C. The highest BCUT2D eigenvalue weighted by molar-refractivity contribution is 6.30. The summed E-state index contributed by atoms with van der Waals surface area (Å²) >= 11 is 5.83. The predicted molar refractivity (Wildman–Crippen MR) is 70.7 cm³/mol. The van der Waals surface area contributed by atoms with Crippen molar-refractivity contribution in [2.45, 2.75) is 19.4 Å². The molecule has 2 atom stereocenters. The molecular formula is C13H20ClFN2. The summed E-state index contributed by atoms with van der Waals surface area (Å²) in [5.74, 6) is -0.0414. The zero-order valence-corrected chi connectivity index (χ0v) is 11.3. The van der Waals surface area contributed by atoms with E-state index in [9.17, 15) is 4.39 Å². The lowest BCUT2D eigenvalue weighted by atomic mass is 9.90. The summed E-state index contributed by atoms with van der Waals surface area (Å²) in [5.41, 5.74) is 6.81. The van der Waals surface area contributed by atoms with E-state index in [0.717, 1.165) is 12.0 Å². The third-order valence-electron chi connectivity index (χ3n) is 3.12. The lowest BCUT2D eigenvalue weighted by Crippen LogP contribution is -2.31. The van der Waals surface area contributed by atoms with Crippen LogP contribution in [0.2, 0.25) is 5.02 Å². The van der Waals surface area contributed by atoms with Gasteiger partial charge in [-0.25, -0.2) is 4.39 Å². The van der Waals surface area contributed by atoms with Gasteiger partial charge in [0.25, 0.3) is 0 Å². The molecule has 1 rings (SSSR count). The van der Waals surface area contributed by atoms with E-state index in [1.807, 2.05) is 14.1 Å². The Bertz CT molecular complexity index is 364. The van der Waals surface area contributed by atoms with Crippen molar-refractivity contribution in [3.05, 3.63) is 34.6 Å². The minimum absolute atomic E-state index is 0.168. The molecule has 4 heteroatoms. The molecule has 2 nitrogen and oxygen atoms in total. The van der Waals surface area contributed by atoms with Gasteiger partial charge >= 0.3 is 0 Å². The van der Waals surface area contributed by atoms with Crippen molar-refractivity contribution in [2.24, 2.45) is 11.7 Å². The van der Waals surface area contributed by atoms with Crippen molar-refractivity contribution in [3.63, 3.8) is 0 Å². The van der Waals surface area contributed by atoms with Crippen LogP contribution < -0.4 is 5.73 Å². The molecule has 0 spiro atoms. The average molecular weight is 259 g/mol. The molecule has 0 aliphatic rings. The minimum Gasteiger partial charge on any atom is -0.330 e. The summed E-state index contributed by atoms with van der Waals surface area (Å²) in [6.07, 6.45) is 0.980. The van der Waals surface area contributed by atoms with Crippen LogP contribution in [-0.2, 0) is 0 Å². The summed E-state index contributed by atoms with van der Waals surface area (Å²) in [6.45, 7) is 2.72. The first-order chi connectivity index (χ1) is 8.01. The summed E-state index contributed by atoms with van der Waals surface area (Å²) in [7, 11) is 4.00. The van der Waals surface area contributed by atoms with Crippen LogP contribution in [0.25, 0.3) is 0 Å². The van der Waals surface area contributed by atoms with Gasteiger partial charge in [0.1, 0.15) is 5.82 Å². The van der Waals surface area contributed by atoms with Gasteiger partial charge in [0.2, 0.25) is 0 Å². The van der Waals surface area contributed by atoms with Crippen LogP contribution in [0.4, 0.5) is 4.39 Å². The third-order valence-corrected chi connectivity index (χ3v) is 3.40. The molecule has 1 aromatic rings. The van der Waals surface area contributed by atoms with Crippen LogP contribution in [0, 0.1) is 11.7 Å². The molecular weight excluding hydrogens is 239 g/mol. The molecule has 0 radical (unpaired) electrons. The van der Waals surface area contributed by atoms with Gasteiger partial charge in [-0.2, -0.15) is 0 Å². The Morgan fingerprint density at radius 3 is 2.47 bits per heavy atom. The topological polar surface area (TPSA) is 29.3 Å². The highest BCUT2D eigenvalue weighted by Gasteiger charge is 2.23. The number of nitrogens with two attached hydrogens (primary N) is 1. The van der Waals surface area contributed by atoms with Gasteiger partial charge in [-0.3, -0.25) is 0 Å². The molecule has 2 unspecified atom stereocenters. The molecule has 0 heterocycles. The second kappa shape index (κ2) is 6.34. The third kappa shape index (κ3) is 3.41. The van der Waals surface area contributed by atoms with Gasteiger partial charge in [-0.15, -0.1) is 0 Å². The largest absolute Gasteiger partial charge is 0.330 e. The summed E-state index contributed by atoms with van der Waals surface area (Å²) in [6, 6.07) is 5.06. The van der Waals surface area contributed by atoms with E-state index in [0.29, 0.717) is 12.5 Å². The summed E-state index contributed by atoms with van der Waals surface area (Å²) in [5, 5.41) is 0.168. The fraction of sp³-hybridized carbons (Fsp3) is 0.538. The number of nitrogens with zero attached hydrogens (tertiary/aromatic N) is 1. The molecule has 0 saturated heterocycles. The van der Waals surface area contributed by atoms with Gasteiger partial charge < -0.3 is 10.6 Å². The summed E-state index contributed by atoms with van der Waals surface area (Å²) in [4.78, 5) is 2.10. The number of benzene rings is 1. The zero-order chi connectivity index (χ0) is 13.0. The van der Waals surface area contributed by atoms with Crippen molar-refractivity contribution < 1.29 is 4.39 Å². The highest BCUT2D eigenvalue weighted by Crippen LogP contribution is 2.30. The first-order valence-corrected chi connectivity index (χ1v) is 6.20. The number of hydrogen-bond acceptors (Lipinski definition) is 2. The van der Waals surface area contributed by atoms with E-state index in [1.54, 1.807) is 12.1 Å². The first-order valence-electron chi connectivity index (χ1n) is 5.82. The Balaban J connectivity index is 3.09. The van der Waals surface area contributed by atoms with Crippen LogP contribution in [0.3, 0.4) is 0 Å². The van der Waals surface area contributed by atoms with Crippen LogP contribution in [0.5, 0.6) is 0 Å². The maximum Gasteiger partial charge on any atom is 0.141 e.